The van der Waals surface area contributed by atoms with Gasteiger partial charge < -0.3 is 4.52 Å². The van der Waals surface area contributed by atoms with Crippen molar-refractivity contribution in [3.05, 3.63) is 59.1 Å². The third-order valence-electron chi connectivity index (χ3n) is 5.06. The molecule has 0 amide bonds. The minimum Gasteiger partial charge on any atom is -0.359 e. The first-order valence-electron chi connectivity index (χ1n) is 9.03. The summed E-state index contributed by atoms with van der Waals surface area (Å²) < 4.78 is 5.60. The SMILES string of the molecule is CCc1cc(C2CCCN2Cc2cn[nH]c2-c2ccc(C)cc2)on1. The molecule has 0 radical (unpaired) electrons. The lowest BCUT2D eigenvalue weighted by atomic mass is 10.1. The van der Waals surface area contributed by atoms with Crippen molar-refractivity contribution in [1.82, 2.24) is 20.3 Å². The van der Waals surface area contributed by atoms with Crippen LogP contribution in [0.4, 0.5) is 0 Å². The number of nitrogens with one attached hydrogen (secondary N) is 1. The number of likely N-dealkylation sites (tertiary alicyclic amines) is 1. The van der Waals surface area contributed by atoms with Crippen molar-refractivity contribution >= 4 is 0 Å². The van der Waals surface area contributed by atoms with Crippen molar-refractivity contribution in [3.63, 3.8) is 0 Å². The Hall–Kier alpha value is -2.40. The molecule has 3 heterocycles. The topological polar surface area (TPSA) is 58.0 Å². The maximum atomic E-state index is 5.60. The van der Waals surface area contributed by atoms with E-state index in [1.54, 1.807) is 0 Å². The summed E-state index contributed by atoms with van der Waals surface area (Å²) in [7, 11) is 0. The lowest BCUT2D eigenvalue weighted by Gasteiger charge is -2.22. The summed E-state index contributed by atoms with van der Waals surface area (Å²) in [5.41, 5.74) is 5.82. The molecular weight excluding hydrogens is 312 g/mol. The largest absolute Gasteiger partial charge is 0.359 e. The van der Waals surface area contributed by atoms with E-state index in [0.29, 0.717) is 6.04 Å². The maximum Gasteiger partial charge on any atom is 0.154 e. The van der Waals surface area contributed by atoms with Gasteiger partial charge in [-0.3, -0.25) is 10.00 Å². The van der Waals surface area contributed by atoms with Gasteiger partial charge in [-0.15, -0.1) is 0 Å². The van der Waals surface area contributed by atoms with Crippen LogP contribution in [0.3, 0.4) is 0 Å². The van der Waals surface area contributed by atoms with E-state index < -0.39 is 0 Å². The van der Waals surface area contributed by atoms with Gasteiger partial charge in [-0.2, -0.15) is 5.10 Å². The van der Waals surface area contributed by atoms with Crippen LogP contribution in [-0.4, -0.2) is 26.8 Å². The van der Waals surface area contributed by atoms with Crippen LogP contribution in [0.2, 0.25) is 0 Å². The van der Waals surface area contributed by atoms with Gasteiger partial charge in [0.15, 0.2) is 5.76 Å². The zero-order chi connectivity index (χ0) is 17.2. The normalized spacial score (nSPS) is 18.1. The first kappa shape index (κ1) is 16.1. The quantitative estimate of drug-likeness (QED) is 0.756. The molecule has 0 spiro atoms. The van der Waals surface area contributed by atoms with Gasteiger partial charge >= 0.3 is 0 Å². The number of benzene rings is 1. The highest BCUT2D eigenvalue weighted by Gasteiger charge is 2.30. The second-order valence-electron chi connectivity index (χ2n) is 6.84. The monoisotopic (exact) mass is 336 g/mol. The van der Waals surface area contributed by atoms with Crippen LogP contribution in [-0.2, 0) is 13.0 Å². The van der Waals surface area contributed by atoms with Gasteiger partial charge in [0.1, 0.15) is 0 Å². The Morgan fingerprint density at radius 3 is 2.88 bits per heavy atom. The number of nitrogens with zero attached hydrogens (tertiary/aromatic N) is 3. The molecule has 1 N–H and O–H groups in total. The Bertz CT molecular complexity index is 834. The average Bonchev–Trinajstić information content (AvgIpc) is 3.36. The van der Waals surface area contributed by atoms with Crippen LogP contribution in [0, 0.1) is 6.92 Å². The molecule has 1 fully saturated rings. The molecule has 1 aliphatic heterocycles. The van der Waals surface area contributed by atoms with Gasteiger partial charge in [0.05, 0.1) is 23.6 Å². The van der Waals surface area contributed by atoms with Crippen LogP contribution in [0.1, 0.15) is 48.4 Å². The highest BCUT2D eigenvalue weighted by molar-refractivity contribution is 5.62. The molecule has 0 aliphatic carbocycles. The zero-order valence-electron chi connectivity index (χ0n) is 14.8. The van der Waals surface area contributed by atoms with Crippen molar-refractivity contribution < 1.29 is 4.52 Å². The molecule has 4 rings (SSSR count). The smallest absolute Gasteiger partial charge is 0.154 e. The summed E-state index contributed by atoms with van der Waals surface area (Å²) in [5, 5.41) is 11.6. The van der Waals surface area contributed by atoms with Crippen LogP contribution < -0.4 is 0 Å². The van der Waals surface area contributed by atoms with E-state index in [1.807, 2.05) is 6.20 Å². The number of aromatic amines is 1. The molecule has 5 nitrogen and oxygen atoms in total. The molecule has 1 saturated heterocycles. The van der Waals surface area contributed by atoms with E-state index in [1.165, 1.54) is 23.1 Å². The third-order valence-corrected chi connectivity index (χ3v) is 5.06. The summed E-state index contributed by atoms with van der Waals surface area (Å²) >= 11 is 0. The average molecular weight is 336 g/mol. The van der Waals surface area contributed by atoms with E-state index in [0.717, 1.165) is 43.1 Å². The van der Waals surface area contributed by atoms with E-state index in [-0.39, 0.29) is 0 Å². The van der Waals surface area contributed by atoms with E-state index in [4.69, 9.17) is 4.52 Å². The van der Waals surface area contributed by atoms with Gasteiger partial charge in [-0.05, 0) is 38.3 Å². The lowest BCUT2D eigenvalue weighted by molar-refractivity contribution is 0.206. The molecule has 25 heavy (non-hydrogen) atoms. The number of H-pyrrole nitrogens is 1. The maximum absolute atomic E-state index is 5.60. The van der Waals surface area contributed by atoms with Crippen molar-refractivity contribution in [2.45, 2.75) is 45.7 Å². The summed E-state index contributed by atoms with van der Waals surface area (Å²) in [5.74, 6) is 0.995. The zero-order valence-corrected chi connectivity index (χ0v) is 14.8. The number of aromatic nitrogens is 3. The highest BCUT2D eigenvalue weighted by atomic mass is 16.5. The predicted octanol–water partition coefficient (Wildman–Crippen LogP) is 4.27. The second-order valence-corrected chi connectivity index (χ2v) is 6.84. The molecule has 2 aromatic heterocycles. The van der Waals surface area contributed by atoms with Gasteiger partial charge in [-0.1, -0.05) is 41.9 Å². The molecule has 3 aromatic rings. The number of aryl methyl sites for hydroxylation is 2. The standard InChI is InChI=1S/C20H24N4O/c1-3-17-11-19(25-23-17)18-5-4-10-24(18)13-16-12-21-22-20(16)15-8-6-14(2)7-9-15/h6-9,11-12,18H,3-5,10,13H2,1-2H3,(H,21,22). The molecule has 1 unspecified atom stereocenters. The predicted molar refractivity (Wildman–Crippen MR) is 97.0 cm³/mol. The Morgan fingerprint density at radius 1 is 1.28 bits per heavy atom. The summed E-state index contributed by atoms with van der Waals surface area (Å²) in [4.78, 5) is 2.47. The number of hydrogen-bond acceptors (Lipinski definition) is 4. The van der Waals surface area contributed by atoms with Gasteiger partial charge in [0.25, 0.3) is 0 Å². The molecule has 5 heteroatoms. The first-order chi connectivity index (χ1) is 12.2. The van der Waals surface area contributed by atoms with Crippen molar-refractivity contribution in [3.8, 4) is 11.3 Å². The number of hydrogen-bond donors (Lipinski definition) is 1. The van der Waals surface area contributed by atoms with Crippen LogP contribution in [0.5, 0.6) is 0 Å². The molecule has 0 bridgehead atoms. The van der Waals surface area contributed by atoms with Gasteiger partial charge in [0, 0.05) is 18.2 Å². The summed E-state index contributed by atoms with van der Waals surface area (Å²) in [6.07, 6.45) is 5.17. The molecule has 1 aromatic carbocycles. The summed E-state index contributed by atoms with van der Waals surface area (Å²) in [6.45, 7) is 6.15. The fourth-order valence-electron chi connectivity index (χ4n) is 3.61. The summed E-state index contributed by atoms with van der Waals surface area (Å²) in [6, 6.07) is 11.0. The Balaban J connectivity index is 1.55. The van der Waals surface area contributed by atoms with E-state index >= 15 is 0 Å². The Kier molecular flexibility index (Phi) is 4.40. The molecule has 1 atom stereocenters. The van der Waals surface area contributed by atoms with E-state index in [2.05, 4.69) is 64.4 Å². The van der Waals surface area contributed by atoms with E-state index in [9.17, 15) is 0 Å². The second kappa shape index (κ2) is 6.84. The highest BCUT2D eigenvalue weighted by Crippen LogP contribution is 2.34. The minimum atomic E-state index is 0.313. The van der Waals surface area contributed by atoms with Crippen LogP contribution in [0.25, 0.3) is 11.3 Å². The Labute approximate surface area is 148 Å². The minimum absolute atomic E-state index is 0.313. The van der Waals surface area contributed by atoms with Gasteiger partial charge in [0.2, 0.25) is 0 Å². The Morgan fingerprint density at radius 2 is 2.12 bits per heavy atom. The van der Waals surface area contributed by atoms with Crippen LogP contribution >= 0.6 is 0 Å². The van der Waals surface area contributed by atoms with Gasteiger partial charge in [-0.25, -0.2) is 0 Å². The fourth-order valence-corrected chi connectivity index (χ4v) is 3.61. The molecular formula is C20H24N4O. The molecule has 1 aliphatic rings. The fraction of sp³-hybridized carbons (Fsp3) is 0.400. The first-order valence-corrected chi connectivity index (χ1v) is 9.03. The third kappa shape index (κ3) is 3.24. The van der Waals surface area contributed by atoms with Crippen LogP contribution in [0.15, 0.2) is 41.1 Å². The van der Waals surface area contributed by atoms with Crippen molar-refractivity contribution in [2.75, 3.05) is 6.54 Å². The lowest BCUT2D eigenvalue weighted by Crippen LogP contribution is -2.22. The van der Waals surface area contributed by atoms with Crippen molar-refractivity contribution in [2.24, 2.45) is 0 Å². The molecule has 0 saturated carbocycles. The van der Waals surface area contributed by atoms with Crippen molar-refractivity contribution in [1.29, 1.82) is 0 Å². The number of rotatable bonds is 5. The molecule has 130 valence electrons.